The van der Waals surface area contributed by atoms with Gasteiger partial charge >= 0.3 is 0 Å². The minimum absolute atomic E-state index is 0.0551. The Morgan fingerprint density at radius 3 is 2.83 bits per heavy atom. The highest BCUT2D eigenvalue weighted by Gasteiger charge is 2.48. The molecule has 0 saturated carbocycles. The molecule has 2 aliphatic rings. The largest absolute Gasteiger partial charge is 0.497 e. The molecule has 2 aromatic carbocycles. The highest BCUT2D eigenvalue weighted by molar-refractivity contribution is 5.69. The third-order valence-electron chi connectivity index (χ3n) is 5.46. The summed E-state index contributed by atoms with van der Waals surface area (Å²) in [5.41, 5.74) is 6.99. The molecule has 1 unspecified atom stereocenters. The Labute approximate surface area is 171 Å². The van der Waals surface area contributed by atoms with E-state index in [0.717, 1.165) is 0 Å². The molecular weight excluding hydrogens is 392 g/mol. The number of rotatable bonds is 2. The molecule has 1 fully saturated rings. The number of pyridine rings is 1. The van der Waals surface area contributed by atoms with Gasteiger partial charge in [-0.1, -0.05) is 6.07 Å². The van der Waals surface area contributed by atoms with Crippen LogP contribution in [0, 0.1) is 11.8 Å². The van der Waals surface area contributed by atoms with Crippen LogP contribution in [-0.2, 0) is 10.3 Å². The number of ether oxygens (including phenoxy) is 3. The van der Waals surface area contributed by atoms with E-state index in [9.17, 15) is 8.78 Å². The zero-order valence-corrected chi connectivity index (χ0v) is 16.1. The van der Waals surface area contributed by atoms with Crippen LogP contribution in [0.15, 0.2) is 48.7 Å². The maximum atomic E-state index is 14.9. The number of nitrogens with one attached hydrogen (secondary N) is 1. The molecule has 5 rings (SSSR count). The second-order valence-electron chi connectivity index (χ2n) is 7.25. The molecule has 2 atom stereocenters. The van der Waals surface area contributed by atoms with E-state index >= 15 is 0 Å². The van der Waals surface area contributed by atoms with Crippen LogP contribution in [0.5, 0.6) is 17.2 Å². The van der Waals surface area contributed by atoms with Crippen LogP contribution in [0.4, 0.5) is 8.78 Å². The summed E-state index contributed by atoms with van der Waals surface area (Å²) >= 11 is 0. The second kappa shape index (κ2) is 7.02. The van der Waals surface area contributed by atoms with Gasteiger partial charge < -0.3 is 25.3 Å². The van der Waals surface area contributed by atoms with Gasteiger partial charge in [-0.05, 0) is 35.9 Å². The number of nitrogens with two attached hydrogens (primary N) is 1. The smallest absolute Gasteiger partial charge is 0.220 e. The van der Waals surface area contributed by atoms with Crippen molar-refractivity contribution in [2.75, 3.05) is 20.2 Å². The van der Waals surface area contributed by atoms with E-state index in [1.165, 1.54) is 19.4 Å². The molecule has 1 saturated heterocycles. The second-order valence-corrected chi connectivity index (χ2v) is 7.25. The first-order chi connectivity index (χ1) is 14.5. The van der Waals surface area contributed by atoms with E-state index in [1.807, 2.05) is 0 Å². The monoisotopic (exact) mass is 411 g/mol. The molecule has 1 aromatic heterocycles. The molecular formula is C22H19F2N3O3. The number of hydrogen-bond acceptors (Lipinski definition) is 6. The van der Waals surface area contributed by atoms with Crippen LogP contribution in [0.1, 0.15) is 11.1 Å². The lowest BCUT2D eigenvalue weighted by Gasteiger charge is -2.44. The summed E-state index contributed by atoms with van der Waals surface area (Å²) in [6.07, 6.45) is 0.756. The molecule has 3 N–H and O–H groups in total. The highest BCUT2D eigenvalue weighted by atomic mass is 19.1. The number of fused-ring (bicyclic) bond motifs is 4. The molecule has 1 spiro atoms. The fourth-order valence-corrected chi connectivity index (χ4v) is 4.10. The van der Waals surface area contributed by atoms with Gasteiger partial charge in [0.1, 0.15) is 23.3 Å². The van der Waals surface area contributed by atoms with E-state index in [-0.39, 0.29) is 5.75 Å². The zero-order chi connectivity index (χ0) is 20.9. The minimum atomic E-state index is -1.13. The normalized spacial score (nSPS) is 22.2. The van der Waals surface area contributed by atoms with Crippen molar-refractivity contribution in [1.82, 2.24) is 10.3 Å². The predicted molar refractivity (Wildman–Crippen MR) is 105 cm³/mol. The Morgan fingerprint density at radius 2 is 2.07 bits per heavy atom. The van der Waals surface area contributed by atoms with Gasteiger partial charge in [0, 0.05) is 42.0 Å². The first kappa shape index (κ1) is 18.9. The molecule has 2 aliphatic heterocycles. The molecule has 6 nitrogen and oxygen atoms in total. The number of nitrogens with zero attached hydrogens (tertiary/aromatic N) is 1. The lowest BCUT2D eigenvalue weighted by molar-refractivity contribution is -0.0973. The Balaban J connectivity index is 1.75. The van der Waals surface area contributed by atoms with Crippen LogP contribution < -0.4 is 20.5 Å². The molecule has 30 heavy (non-hydrogen) atoms. The van der Waals surface area contributed by atoms with Gasteiger partial charge in [0.2, 0.25) is 5.95 Å². The average molecular weight is 411 g/mol. The summed E-state index contributed by atoms with van der Waals surface area (Å²) in [5, 5.41) is 3.25. The van der Waals surface area contributed by atoms with Gasteiger partial charge in [0.05, 0.1) is 7.11 Å². The topological polar surface area (TPSA) is 78.6 Å². The number of hydrogen-bond donors (Lipinski definition) is 2. The highest BCUT2D eigenvalue weighted by Crippen LogP contribution is 2.52. The summed E-state index contributed by atoms with van der Waals surface area (Å²) in [4.78, 5) is 3.73. The summed E-state index contributed by atoms with van der Waals surface area (Å²) in [6.45, 7) is 0.770. The molecule has 0 bridgehead atoms. The fourth-order valence-electron chi connectivity index (χ4n) is 4.10. The van der Waals surface area contributed by atoms with Gasteiger partial charge in [-0.2, -0.15) is 4.39 Å². The summed E-state index contributed by atoms with van der Waals surface area (Å²) < 4.78 is 46.6. The number of benzene rings is 2. The molecule has 0 radical (unpaired) electrons. The minimum Gasteiger partial charge on any atom is -0.497 e. The van der Waals surface area contributed by atoms with Crippen molar-refractivity contribution in [2.45, 2.75) is 11.8 Å². The average Bonchev–Trinajstić information content (AvgIpc) is 2.75. The van der Waals surface area contributed by atoms with E-state index in [0.29, 0.717) is 46.8 Å². The Bertz CT molecular complexity index is 1140. The van der Waals surface area contributed by atoms with Crippen molar-refractivity contribution in [2.24, 2.45) is 5.73 Å². The third kappa shape index (κ3) is 2.84. The first-order valence-electron chi connectivity index (χ1n) is 9.47. The van der Waals surface area contributed by atoms with Gasteiger partial charge in [-0.15, -0.1) is 0 Å². The third-order valence-corrected chi connectivity index (χ3v) is 5.46. The summed E-state index contributed by atoms with van der Waals surface area (Å²) in [5.74, 6) is -0.361. The summed E-state index contributed by atoms with van der Waals surface area (Å²) in [6, 6.07) is 11.4. The van der Waals surface area contributed by atoms with Gasteiger partial charge in [0.15, 0.2) is 11.6 Å². The van der Waals surface area contributed by atoms with Crippen molar-refractivity contribution >= 4 is 0 Å². The van der Waals surface area contributed by atoms with Gasteiger partial charge in [-0.25, -0.2) is 9.37 Å². The maximum Gasteiger partial charge on any atom is 0.220 e. The lowest BCUT2D eigenvalue weighted by atomic mass is 9.80. The number of methoxy groups -OCH3 is 1. The van der Waals surface area contributed by atoms with Crippen molar-refractivity contribution in [3.05, 3.63) is 71.6 Å². The van der Waals surface area contributed by atoms with Gasteiger partial charge in [-0.3, -0.25) is 0 Å². The Kier molecular flexibility index (Phi) is 4.43. The van der Waals surface area contributed by atoms with Crippen LogP contribution in [0.25, 0.3) is 11.1 Å². The standard InChI is InChI=1S/C22H19F2N3O3/c1-28-13-8-16-20(17(23)9-13)29-18-5-4-12(14-3-2-6-27-21(14)24)7-15(18)22(16)11-26-10-19(25)30-22/h2-9,19,26H,10-11,25H2,1H3/t19-,22?/m0/s1. The quantitative estimate of drug-likeness (QED) is 0.630. The zero-order valence-electron chi connectivity index (χ0n) is 16.1. The predicted octanol–water partition coefficient (Wildman–Crippen LogP) is 3.29. The Hall–Kier alpha value is -3.07. The van der Waals surface area contributed by atoms with E-state index in [2.05, 4.69) is 10.3 Å². The molecule has 0 aliphatic carbocycles. The molecule has 3 heterocycles. The van der Waals surface area contributed by atoms with Crippen molar-refractivity contribution in [3.63, 3.8) is 0 Å². The van der Waals surface area contributed by atoms with E-state index in [4.69, 9.17) is 19.9 Å². The van der Waals surface area contributed by atoms with Crippen molar-refractivity contribution < 1.29 is 23.0 Å². The summed E-state index contributed by atoms with van der Waals surface area (Å²) in [7, 11) is 1.46. The van der Waals surface area contributed by atoms with Crippen LogP contribution in [-0.4, -0.2) is 31.4 Å². The lowest BCUT2D eigenvalue weighted by Crippen LogP contribution is -2.56. The number of morpholine rings is 1. The van der Waals surface area contributed by atoms with Crippen LogP contribution >= 0.6 is 0 Å². The van der Waals surface area contributed by atoms with Crippen molar-refractivity contribution in [3.8, 4) is 28.4 Å². The molecule has 0 amide bonds. The van der Waals surface area contributed by atoms with E-state index in [1.54, 1.807) is 36.4 Å². The number of halogens is 2. The fraction of sp³-hybridized carbons (Fsp3) is 0.227. The van der Waals surface area contributed by atoms with Crippen LogP contribution in [0.3, 0.4) is 0 Å². The molecule has 8 heteroatoms. The van der Waals surface area contributed by atoms with Crippen molar-refractivity contribution in [1.29, 1.82) is 0 Å². The molecule has 154 valence electrons. The van der Waals surface area contributed by atoms with Gasteiger partial charge in [0.25, 0.3) is 0 Å². The maximum absolute atomic E-state index is 14.9. The number of aromatic nitrogens is 1. The Morgan fingerprint density at radius 1 is 1.20 bits per heavy atom. The van der Waals surface area contributed by atoms with Crippen LogP contribution in [0.2, 0.25) is 0 Å². The SMILES string of the molecule is COc1cc(F)c2c(c1)C1(CNC[C@@H](N)O1)c1cc(-c3cccnc3F)ccc1O2. The van der Waals surface area contributed by atoms with E-state index < -0.39 is 23.6 Å². The molecule has 3 aromatic rings. The first-order valence-corrected chi connectivity index (χ1v) is 9.47.